The number of benzene rings is 1. The summed E-state index contributed by atoms with van der Waals surface area (Å²) < 4.78 is 13.9. The topological polar surface area (TPSA) is 66.5 Å². The molecule has 1 aliphatic heterocycles. The molecule has 2 aliphatic rings. The van der Waals surface area contributed by atoms with Gasteiger partial charge in [-0.2, -0.15) is 0 Å². The number of amides is 1. The summed E-state index contributed by atoms with van der Waals surface area (Å²) in [6, 6.07) is 5.65. The highest BCUT2D eigenvalue weighted by Gasteiger charge is 2.41. The Morgan fingerprint density at radius 3 is 2.81 bits per heavy atom. The maximum atomic E-state index is 11.4. The standard InChI is InChI=1S/C16H18N2O3/c1-18-13-3-2-10(15(17)19)8-11(13)12-9-16(5-4-14(12)18)20-6-7-21-16/h2-3,8H,4-7,9H2,1H3,(H2,17,19). The predicted octanol–water partition coefficient (Wildman–Crippen LogP) is 1.51. The number of rotatable bonds is 1. The monoisotopic (exact) mass is 286 g/mol. The second-order valence-electron chi connectivity index (χ2n) is 5.86. The van der Waals surface area contributed by atoms with E-state index in [1.54, 1.807) is 6.07 Å². The molecule has 1 spiro atoms. The summed E-state index contributed by atoms with van der Waals surface area (Å²) in [6.45, 7) is 1.32. The average Bonchev–Trinajstić information content (AvgIpc) is 3.03. The SMILES string of the molecule is Cn1c2c(c3cc(C(N)=O)ccc31)CC1(CC2)OCCO1. The number of hydrogen-bond donors (Lipinski definition) is 1. The molecular weight excluding hydrogens is 268 g/mol. The molecule has 2 aromatic rings. The zero-order valence-electron chi connectivity index (χ0n) is 12.0. The normalized spacial score (nSPS) is 20.0. The van der Waals surface area contributed by atoms with Gasteiger partial charge < -0.3 is 19.8 Å². The number of nitrogens with zero attached hydrogens (tertiary/aromatic N) is 1. The van der Waals surface area contributed by atoms with E-state index in [-0.39, 0.29) is 0 Å². The van der Waals surface area contributed by atoms with Crippen LogP contribution in [0.2, 0.25) is 0 Å². The second kappa shape index (κ2) is 4.32. The number of fused-ring (bicyclic) bond motifs is 3. The Hall–Kier alpha value is -1.85. The van der Waals surface area contributed by atoms with Crippen LogP contribution in [0, 0.1) is 0 Å². The minimum absolute atomic E-state index is 0.395. The molecule has 1 saturated heterocycles. The van der Waals surface area contributed by atoms with Crippen molar-refractivity contribution in [1.29, 1.82) is 0 Å². The third-order valence-corrected chi connectivity index (χ3v) is 4.72. The van der Waals surface area contributed by atoms with Gasteiger partial charge in [-0.1, -0.05) is 0 Å². The Labute approximate surface area is 122 Å². The van der Waals surface area contributed by atoms with E-state index < -0.39 is 11.7 Å². The minimum atomic E-state index is -0.468. The molecule has 5 nitrogen and oxygen atoms in total. The molecule has 0 unspecified atom stereocenters. The summed E-state index contributed by atoms with van der Waals surface area (Å²) in [5.74, 6) is -0.863. The Morgan fingerprint density at radius 1 is 1.33 bits per heavy atom. The number of carbonyl (C=O) groups excluding carboxylic acids is 1. The first-order chi connectivity index (χ1) is 10.1. The lowest BCUT2D eigenvalue weighted by molar-refractivity contribution is -0.163. The number of aromatic nitrogens is 1. The predicted molar refractivity (Wildman–Crippen MR) is 78.1 cm³/mol. The molecule has 0 saturated carbocycles. The highest BCUT2D eigenvalue weighted by atomic mass is 16.7. The van der Waals surface area contributed by atoms with Gasteiger partial charge in [0, 0.05) is 42.0 Å². The van der Waals surface area contributed by atoms with Crippen LogP contribution in [0.15, 0.2) is 18.2 Å². The fourth-order valence-electron chi connectivity index (χ4n) is 3.65. The van der Waals surface area contributed by atoms with Gasteiger partial charge in [-0.15, -0.1) is 0 Å². The van der Waals surface area contributed by atoms with Gasteiger partial charge in [-0.25, -0.2) is 0 Å². The lowest BCUT2D eigenvalue weighted by atomic mass is 9.90. The summed E-state index contributed by atoms with van der Waals surface area (Å²) in [5.41, 5.74) is 9.61. The highest BCUT2D eigenvalue weighted by Crippen LogP contribution is 2.39. The van der Waals surface area contributed by atoms with Crippen LogP contribution in [-0.4, -0.2) is 29.5 Å². The van der Waals surface area contributed by atoms with Crippen LogP contribution in [0.3, 0.4) is 0 Å². The minimum Gasteiger partial charge on any atom is -0.366 e. The number of aryl methyl sites for hydroxylation is 1. The summed E-state index contributed by atoms with van der Waals surface area (Å²) in [5, 5.41) is 1.09. The third kappa shape index (κ3) is 1.81. The number of hydrogen-bond acceptors (Lipinski definition) is 3. The summed E-state index contributed by atoms with van der Waals surface area (Å²) in [6.07, 6.45) is 2.54. The molecule has 1 aliphatic carbocycles. The van der Waals surface area contributed by atoms with Crippen LogP contribution < -0.4 is 5.73 Å². The van der Waals surface area contributed by atoms with Gasteiger partial charge in [0.15, 0.2) is 5.79 Å². The van der Waals surface area contributed by atoms with Crippen molar-refractivity contribution in [1.82, 2.24) is 4.57 Å². The first-order valence-electron chi connectivity index (χ1n) is 7.28. The van der Waals surface area contributed by atoms with Crippen molar-refractivity contribution < 1.29 is 14.3 Å². The van der Waals surface area contributed by atoms with Crippen molar-refractivity contribution in [2.45, 2.75) is 25.0 Å². The van der Waals surface area contributed by atoms with Crippen molar-refractivity contribution in [3.63, 3.8) is 0 Å². The lowest BCUT2D eigenvalue weighted by Crippen LogP contribution is -2.37. The smallest absolute Gasteiger partial charge is 0.248 e. The van der Waals surface area contributed by atoms with Gasteiger partial charge in [0.05, 0.1) is 13.2 Å². The molecule has 5 heteroatoms. The lowest BCUT2D eigenvalue weighted by Gasteiger charge is -2.32. The summed E-state index contributed by atoms with van der Waals surface area (Å²) in [7, 11) is 2.07. The molecule has 0 atom stereocenters. The molecule has 1 amide bonds. The van der Waals surface area contributed by atoms with Crippen molar-refractivity contribution >= 4 is 16.8 Å². The molecular formula is C16H18N2O3. The molecule has 4 rings (SSSR count). The van der Waals surface area contributed by atoms with Crippen LogP contribution in [0.5, 0.6) is 0 Å². The van der Waals surface area contributed by atoms with E-state index in [0.29, 0.717) is 18.8 Å². The molecule has 0 radical (unpaired) electrons. The van der Waals surface area contributed by atoms with Crippen molar-refractivity contribution in [2.75, 3.05) is 13.2 Å². The summed E-state index contributed by atoms with van der Waals surface area (Å²) in [4.78, 5) is 11.4. The molecule has 21 heavy (non-hydrogen) atoms. The van der Waals surface area contributed by atoms with Gasteiger partial charge in [0.25, 0.3) is 0 Å². The van der Waals surface area contributed by atoms with E-state index in [4.69, 9.17) is 15.2 Å². The van der Waals surface area contributed by atoms with E-state index in [9.17, 15) is 4.79 Å². The molecule has 110 valence electrons. The van der Waals surface area contributed by atoms with Crippen LogP contribution >= 0.6 is 0 Å². The third-order valence-electron chi connectivity index (χ3n) is 4.72. The van der Waals surface area contributed by atoms with E-state index >= 15 is 0 Å². The second-order valence-corrected chi connectivity index (χ2v) is 5.86. The van der Waals surface area contributed by atoms with Gasteiger partial charge in [-0.3, -0.25) is 4.79 Å². The molecule has 1 fully saturated rings. The number of nitrogens with two attached hydrogens (primary N) is 1. The van der Waals surface area contributed by atoms with Crippen molar-refractivity contribution in [2.24, 2.45) is 12.8 Å². The molecule has 1 aromatic carbocycles. The van der Waals surface area contributed by atoms with Gasteiger partial charge >= 0.3 is 0 Å². The van der Waals surface area contributed by atoms with Crippen molar-refractivity contribution in [3.05, 3.63) is 35.0 Å². The Balaban J connectivity index is 1.90. The highest BCUT2D eigenvalue weighted by molar-refractivity contribution is 5.98. The molecule has 2 heterocycles. The van der Waals surface area contributed by atoms with E-state index in [1.807, 2.05) is 12.1 Å². The van der Waals surface area contributed by atoms with E-state index in [2.05, 4.69) is 11.6 Å². The van der Waals surface area contributed by atoms with Gasteiger partial charge in [0.2, 0.25) is 5.91 Å². The van der Waals surface area contributed by atoms with Crippen LogP contribution in [-0.2, 0) is 29.4 Å². The fraction of sp³-hybridized carbons (Fsp3) is 0.438. The molecule has 0 bridgehead atoms. The molecule has 2 N–H and O–H groups in total. The Kier molecular flexibility index (Phi) is 2.65. The Bertz CT molecular complexity index is 742. The quantitative estimate of drug-likeness (QED) is 0.864. The number of ether oxygens (including phenoxy) is 2. The zero-order chi connectivity index (χ0) is 14.6. The number of primary amides is 1. The first kappa shape index (κ1) is 12.9. The van der Waals surface area contributed by atoms with Crippen LogP contribution in [0.25, 0.3) is 10.9 Å². The largest absolute Gasteiger partial charge is 0.366 e. The van der Waals surface area contributed by atoms with Crippen molar-refractivity contribution in [3.8, 4) is 0 Å². The molecule has 1 aromatic heterocycles. The van der Waals surface area contributed by atoms with Gasteiger partial charge in [-0.05, 0) is 30.2 Å². The van der Waals surface area contributed by atoms with Crippen LogP contribution in [0.4, 0.5) is 0 Å². The fourth-order valence-corrected chi connectivity index (χ4v) is 3.65. The average molecular weight is 286 g/mol. The van der Waals surface area contributed by atoms with Gasteiger partial charge in [0.1, 0.15) is 0 Å². The van der Waals surface area contributed by atoms with E-state index in [1.165, 1.54) is 11.3 Å². The maximum Gasteiger partial charge on any atom is 0.248 e. The number of carbonyl (C=O) groups is 1. The first-order valence-corrected chi connectivity index (χ1v) is 7.28. The Morgan fingerprint density at radius 2 is 2.10 bits per heavy atom. The zero-order valence-corrected chi connectivity index (χ0v) is 12.0. The van der Waals surface area contributed by atoms with Crippen LogP contribution in [0.1, 0.15) is 28.0 Å². The maximum absolute atomic E-state index is 11.4. The summed E-state index contributed by atoms with van der Waals surface area (Å²) >= 11 is 0. The van der Waals surface area contributed by atoms with E-state index in [0.717, 1.165) is 30.2 Å².